The molecule has 2 aromatic rings. The van der Waals surface area contributed by atoms with Gasteiger partial charge in [0.05, 0.1) is 23.2 Å². The number of primary amides is 1. The van der Waals surface area contributed by atoms with Crippen molar-refractivity contribution in [1.29, 1.82) is 0 Å². The number of hydrogen-bond acceptors (Lipinski definition) is 11. The monoisotopic (exact) mass is 563 g/mol. The average molecular weight is 564 g/mol. The van der Waals surface area contributed by atoms with Crippen LogP contribution in [0.1, 0.15) is 27.9 Å². The van der Waals surface area contributed by atoms with Crippen molar-refractivity contribution in [2.45, 2.75) is 31.0 Å². The molecule has 0 spiro atoms. The fraction of sp³-hybridized carbons (Fsp3) is 0.448. The lowest BCUT2D eigenvalue weighted by molar-refractivity contribution is -0.181. The molecule has 2 saturated carbocycles. The van der Waals surface area contributed by atoms with Crippen LogP contribution in [0.5, 0.6) is 5.75 Å². The highest BCUT2D eigenvalue weighted by Gasteiger charge is 2.69. The minimum atomic E-state index is -2.75. The fourth-order valence-electron chi connectivity index (χ4n) is 6.90. The second-order valence-corrected chi connectivity index (χ2v) is 11.5. The van der Waals surface area contributed by atoms with Crippen LogP contribution in [0.4, 0.5) is 11.4 Å². The summed E-state index contributed by atoms with van der Waals surface area (Å²) in [5.74, 6) is -10.6. The molecule has 1 aromatic heterocycles. The zero-order valence-corrected chi connectivity index (χ0v) is 23.2. The van der Waals surface area contributed by atoms with Gasteiger partial charge in [0.2, 0.25) is 5.91 Å². The number of amides is 1. The Bertz CT molecular complexity index is 1470. The molecule has 3 aliphatic rings. The Morgan fingerprint density at radius 3 is 2.46 bits per heavy atom. The van der Waals surface area contributed by atoms with Gasteiger partial charge >= 0.3 is 0 Å². The Labute approximate surface area is 236 Å². The molecule has 0 aliphatic heterocycles. The number of aromatic hydroxyl groups is 1. The third-order valence-electron chi connectivity index (χ3n) is 8.74. The van der Waals surface area contributed by atoms with Crippen molar-refractivity contribution in [2.24, 2.45) is 29.4 Å². The van der Waals surface area contributed by atoms with Gasteiger partial charge in [-0.15, -0.1) is 0 Å². The summed E-state index contributed by atoms with van der Waals surface area (Å²) in [6.45, 7) is 0.151. The average Bonchev–Trinajstić information content (AvgIpc) is 2.90. The largest absolute Gasteiger partial charge is 0.507 e. The van der Waals surface area contributed by atoms with Crippen molar-refractivity contribution in [3.63, 3.8) is 0 Å². The first kappa shape index (κ1) is 28.4. The summed E-state index contributed by atoms with van der Waals surface area (Å²) in [6.07, 6.45) is 3.44. The zero-order chi connectivity index (χ0) is 30.0. The molecule has 5 N–H and O–H groups in total. The first-order valence-corrected chi connectivity index (χ1v) is 13.3. The highest BCUT2D eigenvalue weighted by Crippen LogP contribution is 2.52. The normalized spacial score (nSPS) is 29.1. The van der Waals surface area contributed by atoms with E-state index in [1.165, 1.54) is 4.90 Å². The second kappa shape index (κ2) is 10.0. The maximum absolute atomic E-state index is 14.1. The van der Waals surface area contributed by atoms with Crippen molar-refractivity contribution < 1.29 is 34.2 Å². The first-order valence-electron chi connectivity index (χ1n) is 13.3. The number of nitrogens with zero attached hydrogens (tertiary/aromatic N) is 3. The summed E-state index contributed by atoms with van der Waals surface area (Å²) in [7, 11) is 6.71. The van der Waals surface area contributed by atoms with Crippen LogP contribution in [-0.2, 0) is 32.1 Å². The van der Waals surface area contributed by atoms with Crippen LogP contribution in [0.2, 0.25) is 0 Å². The minimum Gasteiger partial charge on any atom is -0.507 e. The molecule has 1 aromatic carbocycles. The van der Waals surface area contributed by atoms with E-state index in [2.05, 4.69) is 10.3 Å². The number of aliphatic hydroxyl groups is 1. The van der Waals surface area contributed by atoms with E-state index in [-0.39, 0.29) is 30.7 Å². The van der Waals surface area contributed by atoms with Crippen LogP contribution in [0.15, 0.2) is 30.6 Å². The Hall–Kier alpha value is -4.16. The van der Waals surface area contributed by atoms with E-state index in [0.29, 0.717) is 22.5 Å². The van der Waals surface area contributed by atoms with Gasteiger partial charge in [0, 0.05) is 50.2 Å². The number of aromatic nitrogens is 1. The number of ketones is 4. The standard InChI is InChI=1S/C29H33N5O7/c1-33(2)18-10-14(11-32-15-6-5-7-31-12-15)23(35)20-16(18)8-13-9-17-22(34(3)4)25(37)21(28(30)40)27(39)29(17,41)26(38)19(13)24(20)36/h5-7,10,12-13,17,19,21-22,32,35,41H,8-9,11H2,1-4H3,(H2,30,40)/t13-,17-,19?,21?,22?,29-/m1/s1. The van der Waals surface area contributed by atoms with E-state index in [4.69, 9.17) is 5.73 Å². The van der Waals surface area contributed by atoms with Gasteiger partial charge in [-0.25, -0.2) is 0 Å². The summed E-state index contributed by atoms with van der Waals surface area (Å²) in [5.41, 5.74) is 4.91. The molecular formula is C29H33N5O7. The van der Waals surface area contributed by atoms with Crippen molar-refractivity contribution in [2.75, 3.05) is 38.4 Å². The van der Waals surface area contributed by atoms with Crippen LogP contribution in [0.3, 0.4) is 0 Å². The van der Waals surface area contributed by atoms with Gasteiger partial charge in [-0.3, -0.25) is 33.9 Å². The molecule has 0 radical (unpaired) electrons. The van der Waals surface area contributed by atoms with Gasteiger partial charge in [0.25, 0.3) is 0 Å². The quantitative estimate of drug-likeness (QED) is 0.345. The van der Waals surface area contributed by atoms with E-state index in [0.717, 1.165) is 0 Å². The van der Waals surface area contributed by atoms with Crippen molar-refractivity contribution in [3.05, 3.63) is 47.3 Å². The SMILES string of the molecule is CN(C)c1cc(CNc2cccnc2)c(O)c2c1C[C@@H]1C[C@@H]3C(N(C)C)C(=O)C(C(N)=O)C(=O)[C@]3(O)C(=O)C1C2=O. The van der Waals surface area contributed by atoms with Gasteiger partial charge in [-0.2, -0.15) is 0 Å². The van der Waals surface area contributed by atoms with E-state index in [9.17, 15) is 34.2 Å². The predicted molar refractivity (Wildman–Crippen MR) is 147 cm³/mol. The third kappa shape index (κ3) is 4.20. The van der Waals surface area contributed by atoms with Crippen molar-refractivity contribution in [1.82, 2.24) is 9.88 Å². The summed E-state index contributed by atoms with van der Waals surface area (Å²) >= 11 is 0. The summed E-state index contributed by atoms with van der Waals surface area (Å²) in [5, 5.41) is 26.2. The Morgan fingerprint density at radius 2 is 1.88 bits per heavy atom. The zero-order valence-electron chi connectivity index (χ0n) is 23.2. The molecule has 12 nitrogen and oxygen atoms in total. The Kier molecular flexibility index (Phi) is 6.94. The van der Waals surface area contributed by atoms with Gasteiger partial charge in [0.1, 0.15) is 5.75 Å². The van der Waals surface area contributed by atoms with Crippen molar-refractivity contribution in [3.8, 4) is 5.75 Å². The second-order valence-electron chi connectivity index (χ2n) is 11.5. The molecule has 1 heterocycles. The van der Waals surface area contributed by atoms with Crippen LogP contribution >= 0.6 is 0 Å². The number of benzene rings is 1. The lowest BCUT2D eigenvalue weighted by atomic mass is 9.52. The van der Waals surface area contributed by atoms with E-state index < -0.39 is 64.4 Å². The molecule has 41 heavy (non-hydrogen) atoms. The first-order chi connectivity index (χ1) is 19.3. The number of likely N-dealkylation sites (N-methyl/N-ethyl adjacent to an activating group) is 1. The number of phenolic OH excluding ortho intramolecular Hbond substituents is 1. The number of phenols is 1. The van der Waals surface area contributed by atoms with Gasteiger partial charge in [-0.05, 0) is 56.6 Å². The number of anilines is 2. The number of carbonyl (C=O) groups excluding carboxylic acids is 5. The topological polar surface area (TPSA) is 183 Å². The lowest BCUT2D eigenvalue weighted by Gasteiger charge is -2.52. The molecule has 0 bridgehead atoms. The van der Waals surface area contributed by atoms with Crippen LogP contribution in [0.25, 0.3) is 0 Å². The number of nitrogens with two attached hydrogens (primary N) is 1. The molecule has 3 unspecified atom stereocenters. The molecule has 2 fully saturated rings. The smallest absolute Gasteiger partial charge is 0.235 e. The number of nitrogens with one attached hydrogen (secondary N) is 1. The molecule has 216 valence electrons. The van der Waals surface area contributed by atoms with Gasteiger partial charge < -0.3 is 26.2 Å². The van der Waals surface area contributed by atoms with E-state index >= 15 is 0 Å². The molecule has 1 amide bonds. The van der Waals surface area contributed by atoms with Crippen LogP contribution in [-0.4, -0.2) is 89.0 Å². The highest BCUT2D eigenvalue weighted by atomic mass is 16.3. The maximum Gasteiger partial charge on any atom is 0.235 e. The predicted octanol–water partition coefficient (Wildman–Crippen LogP) is -0.0599. The fourth-order valence-corrected chi connectivity index (χ4v) is 6.90. The molecule has 6 atom stereocenters. The number of carbonyl (C=O) groups is 5. The van der Waals surface area contributed by atoms with Crippen LogP contribution < -0.4 is 16.0 Å². The highest BCUT2D eigenvalue weighted by molar-refractivity contribution is 6.32. The number of rotatable bonds is 6. The van der Waals surface area contributed by atoms with Gasteiger partial charge in [0.15, 0.2) is 34.7 Å². The number of Topliss-reactive ketones (excluding diaryl/α,β-unsaturated/α-hetero) is 4. The molecule has 5 rings (SSSR count). The molecule has 12 heteroatoms. The number of hydrogen-bond donors (Lipinski definition) is 4. The summed E-state index contributed by atoms with van der Waals surface area (Å²) in [6, 6.07) is 4.19. The molecule has 3 aliphatic carbocycles. The molecule has 0 saturated heterocycles. The molecular weight excluding hydrogens is 530 g/mol. The maximum atomic E-state index is 14.1. The third-order valence-corrected chi connectivity index (χ3v) is 8.74. The number of fused-ring (bicyclic) bond motifs is 3. The van der Waals surface area contributed by atoms with E-state index in [1.54, 1.807) is 58.8 Å². The number of pyridine rings is 1. The minimum absolute atomic E-state index is 0.00183. The Balaban J connectivity index is 1.60. The summed E-state index contributed by atoms with van der Waals surface area (Å²) < 4.78 is 0. The Morgan fingerprint density at radius 1 is 1.17 bits per heavy atom. The van der Waals surface area contributed by atoms with E-state index in [1.807, 2.05) is 4.90 Å². The van der Waals surface area contributed by atoms with Gasteiger partial charge in [-0.1, -0.05) is 0 Å². The summed E-state index contributed by atoms with van der Waals surface area (Å²) in [4.78, 5) is 74.3. The van der Waals surface area contributed by atoms with Crippen LogP contribution in [0, 0.1) is 23.7 Å². The lowest BCUT2D eigenvalue weighted by Crippen LogP contribution is -2.74. The van der Waals surface area contributed by atoms with Crippen molar-refractivity contribution >= 4 is 40.4 Å².